The number of hydrogen-bond donors (Lipinski definition) is 2. The largest absolute Gasteiger partial charge is 0.400 e. The van der Waals surface area contributed by atoms with Gasteiger partial charge >= 0.3 is 0 Å². The van der Waals surface area contributed by atoms with Gasteiger partial charge in [0.05, 0.1) is 16.2 Å². The van der Waals surface area contributed by atoms with Gasteiger partial charge in [0.2, 0.25) is 0 Å². The summed E-state index contributed by atoms with van der Waals surface area (Å²) in [5.74, 6) is -1.68. The molecule has 42 heavy (non-hydrogen) atoms. The van der Waals surface area contributed by atoms with Gasteiger partial charge in [-0.1, -0.05) is 26.3 Å². The molecule has 0 saturated heterocycles. The van der Waals surface area contributed by atoms with Crippen LogP contribution in [-0.4, -0.2) is 57.6 Å². The zero-order valence-electron chi connectivity index (χ0n) is 27.9. The third-order valence-electron chi connectivity index (χ3n) is 5.82. The minimum Gasteiger partial charge on any atom is -0.400 e. The lowest BCUT2D eigenvalue weighted by Gasteiger charge is -2.31. The molecule has 0 aromatic rings. The minimum atomic E-state index is -1.26. The second-order valence-electron chi connectivity index (χ2n) is 11.8. The number of rotatable bonds is 11. The zero-order valence-corrected chi connectivity index (χ0v) is 32.2. The summed E-state index contributed by atoms with van der Waals surface area (Å²) in [7, 11) is 1.00. The van der Waals surface area contributed by atoms with Crippen LogP contribution in [0, 0.1) is 16.2 Å². The van der Waals surface area contributed by atoms with Gasteiger partial charge in [0, 0.05) is 44.3 Å². The summed E-state index contributed by atoms with van der Waals surface area (Å²) < 4.78 is 0. The monoisotopic (exact) mass is 818 g/mol. The second kappa shape index (κ2) is 21.1. The van der Waals surface area contributed by atoms with Gasteiger partial charge in [-0.3, -0.25) is 28.8 Å². The SMILES string of the molecule is C=C(C)C(=O)C(C)(C)C(=O)C(C)(C)C(=O)C(=C)C.C=C(C)C(=O)C(C)(C)C(C)=O.C=C(C)C(=O)C(C)(C)O.CO.II. The van der Waals surface area contributed by atoms with Crippen molar-refractivity contribution in [2.45, 2.75) is 95.6 Å². The van der Waals surface area contributed by atoms with E-state index in [0.717, 1.165) is 7.11 Å². The van der Waals surface area contributed by atoms with E-state index in [0.29, 0.717) is 22.3 Å². The number of aliphatic hydroxyl groups is 2. The molecule has 0 spiro atoms. The maximum absolute atomic E-state index is 12.5. The summed E-state index contributed by atoms with van der Waals surface area (Å²) in [6.07, 6.45) is 0. The van der Waals surface area contributed by atoms with Crippen LogP contribution in [0.4, 0.5) is 0 Å². The van der Waals surface area contributed by atoms with Crippen LogP contribution in [0.5, 0.6) is 0 Å². The molecule has 0 bridgehead atoms. The number of Topliss-reactive ketones (excluding diaryl/α,β-unsaturated/α-hetero) is 6. The van der Waals surface area contributed by atoms with E-state index >= 15 is 0 Å². The summed E-state index contributed by atoms with van der Waals surface area (Å²) in [6, 6.07) is 0. The van der Waals surface area contributed by atoms with Gasteiger partial charge in [0.25, 0.3) is 0 Å². The Hall–Kier alpha value is -1.64. The van der Waals surface area contributed by atoms with Crippen LogP contribution >= 0.6 is 37.2 Å². The fraction of sp³-hybridized carbons (Fsp3) is 0.562. The highest BCUT2D eigenvalue weighted by molar-refractivity contribution is 15.0. The molecule has 0 heterocycles. The molecule has 0 aliphatic rings. The van der Waals surface area contributed by atoms with Crippen molar-refractivity contribution in [3.8, 4) is 0 Å². The molecule has 0 radical (unpaired) electrons. The summed E-state index contributed by atoms with van der Waals surface area (Å²) in [5.41, 5.74) is -3.20. The molecule has 0 amide bonds. The molecule has 0 fully saturated rings. The second-order valence-corrected chi connectivity index (χ2v) is 11.8. The number of allylic oxidation sites excluding steroid dienone is 3. The Morgan fingerprint density at radius 1 is 0.476 bits per heavy atom. The highest BCUT2D eigenvalue weighted by Crippen LogP contribution is 2.34. The van der Waals surface area contributed by atoms with Gasteiger partial charge in [0.1, 0.15) is 11.4 Å². The molecular formula is C32H52I2O8. The number of carbonyl (C=O) groups is 6. The molecule has 10 heteroatoms. The molecule has 0 saturated carbocycles. The van der Waals surface area contributed by atoms with E-state index < -0.39 is 27.6 Å². The Balaban J connectivity index is -0.000000163. The molecule has 0 unspecified atom stereocenters. The van der Waals surface area contributed by atoms with Crippen molar-refractivity contribution in [2.24, 2.45) is 16.2 Å². The highest BCUT2D eigenvalue weighted by atomic mass is 128. The first-order chi connectivity index (χ1) is 18.5. The van der Waals surface area contributed by atoms with Crippen LogP contribution in [-0.2, 0) is 28.8 Å². The normalized spacial score (nSPS) is 10.6. The van der Waals surface area contributed by atoms with E-state index in [9.17, 15) is 28.8 Å². The van der Waals surface area contributed by atoms with Crippen LogP contribution in [0.2, 0.25) is 0 Å². The summed E-state index contributed by atoms with van der Waals surface area (Å²) >= 11 is 4.24. The Kier molecular flexibility index (Phi) is 25.2. The lowest BCUT2D eigenvalue weighted by atomic mass is 9.67. The minimum absolute atomic E-state index is 0.120. The van der Waals surface area contributed by atoms with Gasteiger partial charge < -0.3 is 10.2 Å². The van der Waals surface area contributed by atoms with Crippen LogP contribution in [0.1, 0.15) is 90.0 Å². The molecule has 0 aromatic carbocycles. The maximum Gasteiger partial charge on any atom is 0.188 e. The highest BCUT2D eigenvalue weighted by Gasteiger charge is 2.47. The lowest BCUT2D eigenvalue weighted by Crippen LogP contribution is -2.46. The first kappa shape index (κ1) is 50.0. The molecule has 242 valence electrons. The Morgan fingerprint density at radius 3 is 0.762 bits per heavy atom. The molecule has 0 aliphatic carbocycles. The summed E-state index contributed by atoms with van der Waals surface area (Å²) in [5, 5.41) is 16.0. The Bertz CT molecular complexity index is 1010. The third kappa shape index (κ3) is 16.9. The van der Waals surface area contributed by atoms with Crippen molar-refractivity contribution in [1.82, 2.24) is 0 Å². The fourth-order valence-electron chi connectivity index (χ4n) is 3.27. The van der Waals surface area contributed by atoms with Crippen molar-refractivity contribution in [2.75, 3.05) is 7.11 Å². The van der Waals surface area contributed by atoms with E-state index in [-0.39, 0.29) is 28.9 Å². The van der Waals surface area contributed by atoms with Crippen LogP contribution in [0.15, 0.2) is 48.6 Å². The van der Waals surface area contributed by atoms with Gasteiger partial charge in [-0.05, 0) is 112 Å². The predicted octanol–water partition coefficient (Wildman–Crippen LogP) is 6.93. The molecular weight excluding hydrogens is 766 g/mol. The molecule has 8 nitrogen and oxygen atoms in total. The van der Waals surface area contributed by atoms with Crippen LogP contribution in [0.25, 0.3) is 0 Å². The summed E-state index contributed by atoms with van der Waals surface area (Å²) in [4.78, 5) is 69.5. The number of carbonyl (C=O) groups excluding carboxylic acids is 6. The molecule has 2 N–H and O–H groups in total. The van der Waals surface area contributed by atoms with Crippen LogP contribution < -0.4 is 0 Å². The molecule has 0 aromatic heterocycles. The van der Waals surface area contributed by atoms with Crippen molar-refractivity contribution in [3.05, 3.63) is 48.6 Å². The van der Waals surface area contributed by atoms with E-state index in [4.69, 9.17) is 10.2 Å². The van der Waals surface area contributed by atoms with Gasteiger partial charge in [0.15, 0.2) is 28.9 Å². The van der Waals surface area contributed by atoms with Gasteiger partial charge in [-0.2, -0.15) is 0 Å². The number of halogens is 2. The number of ketones is 6. The van der Waals surface area contributed by atoms with Crippen molar-refractivity contribution in [3.63, 3.8) is 0 Å². The topological polar surface area (TPSA) is 143 Å². The van der Waals surface area contributed by atoms with Crippen LogP contribution in [0.3, 0.4) is 0 Å². The number of aliphatic hydroxyl groups excluding tert-OH is 1. The van der Waals surface area contributed by atoms with E-state index in [1.165, 1.54) is 48.5 Å². The molecule has 0 atom stereocenters. The fourth-order valence-corrected chi connectivity index (χ4v) is 3.27. The zero-order chi connectivity index (χ0) is 35.8. The lowest BCUT2D eigenvalue weighted by molar-refractivity contribution is -0.146. The number of hydrogen-bond acceptors (Lipinski definition) is 8. The van der Waals surface area contributed by atoms with E-state index in [1.807, 2.05) is 0 Å². The quantitative estimate of drug-likeness (QED) is 0.130. The van der Waals surface area contributed by atoms with Crippen molar-refractivity contribution >= 4 is 71.9 Å². The van der Waals surface area contributed by atoms with Gasteiger partial charge in [-0.15, -0.1) is 0 Å². The Morgan fingerprint density at radius 2 is 0.667 bits per heavy atom. The average Bonchev–Trinajstić information content (AvgIpc) is 2.88. The molecule has 0 rings (SSSR count). The standard InChI is InChI=1S/C15H22O3.C9H14O2.C7H12O2.CH4O.I2/c1-9(2)11(16)14(5,6)13(18)15(7,8)12(17)10(3)4;1-6(2)8(11)9(4,5)7(3)10;1-5(2)6(8)7(3,4)9;2*1-2/h1,3H2,2,4-8H3;1H2,2-5H3;9H,1H2,2-4H3;2H,1H3;. The van der Waals surface area contributed by atoms with Crippen molar-refractivity contribution in [1.29, 1.82) is 0 Å². The molecule has 0 aliphatic heterocycles. The van der Waals surface area contributed by atoms with E-state index in [1.54, 1.807) is 41.5 Å². The first-order valence-electron chi connectivity index (χ1n) is 12.7. The first-order valence-corrected chi connectivity index (χ1v) is 19.0. The van der Waals surface area contributed by atoms with E-state index in [2.05, 4.69) is 63.5 Å². The van der Waals surface area contributed by atoms with Crippen molar-refractivity contribution < 1.29 is 39.0 Å². The average molecular weight is 819 g/mol. The predicted molar refractivity (Wildman–Crippen MR) is 189 cm³/mol. The Labute approximate surface area is 276 Å². The summed E-state index contributed by atoms with van der Waals surface area (Å²) in [6.45, 7) is 34.0. The maximum atomic E-state index is 12.5. The van der Waals surface area contributed by atoms with Gasteiger partial charge in [-0.25, -0.2) is 0 Å². The third-order valence-corrected chi connectivity index (χ3v) is 5.82. The smallest absolute Gasteiger partial charge is 0.188 e.